The van der Waals surface area contributed by atoms with Gasteiger partial charge in [0.2, 0.25) is 0 Å². The number of aryl methyl sites for hydroxylation is 1. The Hall–Kier alpha value is -3.15. The van der Waals surface area contributed by atoms with E-state index < -0.39 is 0 Å². The van der Waals surface area contributed by atoms with Crippen molar-refractivity contribution in [1.29, 1.82) is 0 Å². The normalized spacial score (nSPS) is 16.1. The fourth-order valence-corrected chi connectivity index (χ4v) is 3.69. The van der Waals surface area contributed by atoms with E-state index in [4.69, 9.17) is 9.72 Å². The summed E-state index contributed by atoms with van der Waals surface area (Å²) in [7, 11) is 1.71. The molecule has 0 aliphatic carbocycles. The van der Waals surface area contributed by atoms with Crippen LogP contribution in [0.5, 0.6) is 5.75 Å². The molecule has 0 bridgehead atoms. The Morgan fingerprint density at radius 2 is 2.00 bits per heavy atom. The predicted octanol–water partition coefficient (Wildman–Crippen LogP) is 4.05. The lowest BCUT2D eigenvalue weighted by atomic mass is 10.1. The first-order valence-corrected chi connectivity index (χ1v) is 10.2. The van der Waals surface area contributed by atoms with Gasteiger partial charge in [0.25, 0.3) is 0 Å². The maximum absolute atomic E-state index is 5.36. The molecule has 1 N–H and O–H groups in total. The molecule has 0 amide bonds. The highest BCUT2D eigenvalue weighted by Gasteiger charge is 2.23. The SMILES string of the molecule is CCc1cc(NCC2CCN(c3cccc(OC)c3)C2)nc(-c2ccncc2)n1. The van der Waals surface area contributed by atoms with Crippen LogP contribution in [0, 0.1) is 5.92 Å². The molecular formula is C23H27N5O. The fourth-order valence-electron chi connectivity index (χ4n) is 3.69. The van der Waals surface area contributed by atoms with Crippen LogP contribution < -0.4 is 15.0 Å². The summed E-state index contributed by atoms with van der Waals surface area (Å²) in [4.78, 5) is 15.9. The zero-order valence-electron chi connectivity index (χ0n) is 17.0. The van der Waals surface area contributed by atoms with Crippen molar-refractivity contribution in [2.24, 2.45) is 5.92 Å². The first kappa shape index (κ1) is 19.2. The first-order valence-electron chi connectivity index (χ1n) is 10.2. The number of pyridine rings is 1. The summed E-state index contributed by atoms with van der Waals surface area (Å²) in [6.07, 6.45) is 5.58. The van der Waals surface area contributed by atoms with Gasteiger partial charge >= 0.3 is 0 Å². The summed E-state index contributed by atoms with van der Waals surface area (Å²) in [5, 5.41) is 3.55. The van der Waals surface area contributed by atoms with Gasteiger partial charge in [-0.25, -0.2) is 9.97 Å². The zero-order chi connectivity index (χ0) is 20.1. The van der Waals surface area contributed by atoms with Crippen molar-refractivity contribution in [3.05, 3.63) is 60.6 Å². The highest BCUT2D eigenvalue weighted by molar-refractivity contribution is 5.57. The molecule has 29 heavy (non-hydrogen) atoms. The quantitative estimate of drug-likeness (QED) is 0.658. The maximum atomic E-state index is 5.36. The van der Waals surface area contributed by atoms with Gasteiger partial charge in [-0.2, -0.15) is 0 Å². The van der Waals surface area contributed by atoms with Crippen LogP contribution >= 0.6 is 0 Å². The van der Waals surface area contributed by atoms with Gasteiger partial charge < -0.3 is 15.0 Å². The average Bonchev–Trinajstić information content (AvgIpc) is 3.27. The number of rotatable bonds is 7. The second-order valence-electron chi connectivity index (χ2n) is 7.34. The van der Waals surface area contributed by atoms with Crippen LogP contribution in [0.15, 0.2) is 54.9 Å². The lowest BCUT2D eigenvalue weighted by molar-refractivity contribution is 0.415. The van der Waals surface area contributed by atoms with E-state index in [0.717, 1.165) is 61.1 Å². The molecule has 1 fully saturated rings. The van der Waals surface area contributed by atoms with Gasteiger partial charge in [-0.05, 0) is 43.0 Å². The molecule has 4 rings (SSSR count). The van der Waals surface area contributed by atoms with E-state index in [9.17, 15) is 0 Å². The van der Waals surface area contributed by atoms with Gasteiger partial charge in [-0.1, -0.05) is 13.0 Å². The van der Waals surface area contributed by atoms with Crippen molar-refractivity contribution in [3.63, 3.8) is 0 Å². The summed E-state index contributed by atoms with van der Waals surface area (Å²) in [6.45, 7) is 5.11. The smallest absolute Gasteiger partial charge is 0.161 e. The summed E-state index contributed by atoms with van der Waals surface area (Å²) in [5.74, 6) is 3.12. The largest absolute Gasteiger partial charge is 0.497 e. The van der Waals surface area contributed by atoms with Crippen molar-refractivity contribution in [2.45, 2.75) is 19.8 Å². The maximum Gasteiger partial charge on any atom is 0.161 e. The third-order valence-corrected chi connectivity index (χ3v) is 5.36. The van der Waals surface area contributed by atoms with Crippen molar-refractivity contribution in [1.82, 2.24) is 15.0 Å². The van der Waals surface area contributed by atoms with E-state index in [1.807, 2.05) is 24.3 Å². The van der Waals surface area contributed by atoms with E-state index in [0.29, 0.717) is 5.92 Å². The molecule has 1 unspecified atom stereocenters. The fraction of sp³-hybridized carbons (Fsp3) is 0.348. The number of methoxy groups -OCH3 is 1. The summed E-state index contributed by atoms with van der Waals surface area (Å²) in [5.41, 5.74) is 3.25. The zero-order valence-corrected chi connectivity index (χ0v) is 17.0. The molecule has 1 saturated heterocycles. The van der Waals surface area contributed by atoms with E-state index >= 15 is 0 Å². The molecule has 6 heteroatoms. The Kier molecular flexibility index (Phi) is 5.89. The Morgan fingerprint density at radius 1 is 1.14 bits per heavy atom. The monoisotopic (exact) mass is 389 g/mol. The number of nitrogens with one attached hydrogen (secondary N) is 1. The number of hydrogen-bond acceptors (Lipinski definition) is 6. The van der Waals surface area contributed by atoms with E-state index in [2.05, 4.69) is 45.3 Å². The second-order valence-corrected chi connectivity index (χ2v) is 7.34. The Labute approximate surface area is 172 Å². The molecule has 3 heterocycles. The van der Waals surface area contributed by atoms with Crippen LogP contribution in [0.2, 0.25) is 0 Å². The third kappa shape index (κ3) is 4.65. The highest BCUT2D eigenvalue weighted by atomic mass is 16.5. The molecule has 0 radical (unpaired) electrons. The van der Waals surface area contributed by atoms with Gasteiger partial charge in [0.05, 0.1) is 7.11 Å². The molecule has 0 spiro atoms. The summed E-state index contributed by atoms with van der Waals surface area (Å²) >= 11 is 0. The molecular weight excluding hydrogens is 362 g/mol. The molecule has 1 aliphatic rings. The van der Waals surface area contributed by atoms with Crippen LogP contribution in [0.3, 0.4) is 0 Å². The molecule has 1 aromatic carbocycles. The molecule has 150 valence electrons. The number of nitrogens with zero attached hydrogens (tertiary/aromatic N) is 4. The van der Waals surface area contributed by atoms with Gasteiger partial charge in [0.1, 0.15) is 11.6 Å². The van der Waals surface area contributed by atoms with Crippen LogP contribution in [0.25, 0.3) is 11.4 Å². The number of hydrogen-bond donors (Lipinski definition) is 1. The highest BCUT2D eigenvalue weighted by Crippen LogP contribution is 2.27. The van der Waals surface area contributed by atoms with E-state index in [1.54, 1.807) is 19.5 Å². The van der Waals surface area contributed by atoms with E-state index in [-0.39, 0.29) is 0 Å². The van der Waals surface area contributed by atoms with Gasteiger partial charge in [0.15, 0.2) is 5.82 Å². The summed E-state index contributed by atoms with van der Waals surface area (Å²) in [6, 6.07) is 14.2. The Balaban J connectivity index is 1.41. The lowest BCUT2D eigenvalue weighted by Gasteiger charge is -2.19. The van der Waals surface area contributed by atoms with Gasteiger partial charge in [-0.15, -0.1) is 0 Å². The summed E-state index contributed by atoms with van der Waals surface area (Å²) < 4.78 is 5.36. The van der Waals surface area contributed by atoms with Crippen LogP contribution in [-0.2, 0) is 6.42 Å². The van der Waals surface area contributed by atoms with Crippen LogP contribution in [0.4, 0.5) is 11.5 Å². The number of aromatic nitrogens is 3. The minimum atomic E-state index is 0.575. The van der Waals surface area contributed by atoms with Gasteiger partial charge in [0, 0.05) is 61.1 Å². The predicted molar refractivity (Wildman–Crippen MR) is 116 cm³/mol. The first-order chi connectivity index (χ1) is 14.2. The molecule has 1 aliphatic heterocycles. The van der Waals surface area contributed by atoms with Crippen molar-refractivity contribution in [2.75, 3.05) is 37.0 Å². The Morgan fingerprint density at radius 3 is 2.79 bits per heavy atom. The Bertz CT molecular complexity index is 947. The number of benzene rings is 1. The van der Waals surface area contributed by atoms with Crippen molar-refractivity contribution >= 4 is 11.5 Å². The van der Waals surface area contributed by atoms with Crippen LogP contribution in [-0.4, -0.2) is 41.7 Å². The van der Waals surface area contributed by atoms with Crippen LogP contribution in [0.1, 0.15) is 19.0 Å². The molecule has 6 nitrogen and oxygen atoms in total. The number of anilines is 2. The minimum Gasteiger partial charge on any atom is -0.497 e. The standard InChI is InChI=1S/C23H27N5O/c1-3-19-13-22(27-23(26-19)18-7-10-24-11-8-18)25-15-17-9-12-28(16-17)20-5-4-6-21(14-20)29-2/h4-8,10-11,13-14,17H,3,9,12,15-16H2,1-2H3,(H,25,26,27). The van der Waals surface area contributed by atoms with Crippen molar-refractivity contribution in [3.8, 4) is 17.1 Å². The van der Waals surface area contributed by atoms with Crippen molar-refractivity contribution < 1.29 is 4.74 Å². The topological polar surface area (TPSA) is 63.2 Å². The average molecular weight is 390 g/mol. The molecule has 2 aromatic heterocycles. The molecule has 0 saturated carbocycles. The number of ether oxygens (including phenoxy) is 1. The minimum absolute atomic E-state index is 0.575. The molecule has 1 atom stereocenters. The van der Waals surface area contributed by atoms with E-state index in [1.165, 1.54) is 5.69 Å². The third-order valence-electron chi connectivity index (χ3n) is 5.36. The second kappa shape index (κ2) is 8.90. The lowest BCUT2D eigenvalue weighted by Crippen LogP contribution is -2.22. The van der Waals surface area contributed by atoms with Gasteiger partial charge in [-0.3, -0.25) is 4.98 Å². The molecule has 3 aromatic rings.